The van der Waals surface area contributed by atoms with Gasteiger partial charge in [0, 0.05) is 23.3 Å². The van der Waals surface area contributed by atoms with Gasteiger partial charge in [0.2, 0.25) is 6.10 Å². The van der Waals surface area contributed by atoms with Crippen molar-refractivity contribution in [1.82, 2.24) is 0 Å². The molecule has 1 aliphatic heterocycles. The van der Waals surface area contributed by atoms with Crippen molar-refractivity contribution in [1.29, 1.82) is 0 Å². The van der Waals surface area contributed by atoms with Gasteiger partial charge in [0.15, 0.2) is 23.0 Å². The molecular formula is C41H49NO12. The Morgan fingerprint density at radius 2 is 1.56 bits per heavy atom. The molecule has 13 nitrogen and oxygen atoms in total. The fraction of sp³-hybridized carbons (Fsp3) is 0.439. The zero-order valence-electron chi connectivity index (χ0n) is 32.1. The van der Waals surface area contributed by atoms with Gasteiger partial charge >= 0.3 is 5.97 Å². The Balaban J connectivity index is 1.57. The van der Waals surface area contributed by atoms with Crippen molar-refractivity contribution in [3.8, 4) is 34.5 Å². The van der Waals surface area contributed by atoms with Gasteiger partial charge in [-0.3, -0.25) is 10.1 Å². The number of phenolic OH excluding ortho intramolecular Hbond substituents is 1. The van der Waals surface area contributed by atoms with Gasteiger partial charge in [-0.05, 0) is 80.6 Å². The predicted molar refractivity (Wildman–Crippen MR) is 201 cm³/mol. The summed E-state index contributed by atoms with van der Waals surface area (Å²) in [4.78, 5) is 24.8. The molecule has 0 amide bonds. The second-order valence-corrected chi connectivity index (χ2v) is 14.8. The number of carbonyl (C=O) groups excluding carboxylic acids is 1. The standard InChI is InChI=1S/C41H49NO12/c1-22(2)10-13-26-29(43)15-24(16-31(26)53-37(39(46)52-9)27-19-32(49-6)33(50-7)20-28(27)42(47)48)12-11-23-14-25-18-35-40(3,4)38(45)30(44)21-41(35,5)54-36(25)34(17-23)51-8/h10-12,14-17,19-20,30,35,37-38,43-45H,13,18,21H2,1-9H3/b12-11+/t30-,35?,37?,38-,41-/m1/s1. The van der Waals surface area contributed by atoms with Crippen LogP contribution in [0.4, 0.5) is 5.69 Å². The number of aliphatic hydroxyl groups excluding tert-OH is 2. The number of aliphatic hydroxyl groups is 2. The number of methoxy groups -OCH3 is 4. The Morgan fingerprint density at radius 3 is 2.15 bits per heavy atom. The number of benzene rings is 3. The van der Waals surface area contributed by atoms with Gasteiger partial charge < -0.3 is 43.7 Å². The lowest BCUT2D eigenvalue weighted by atomic mass is 9.57. The van der Waals surface area contributed by atoms with E-state index in [9.17, 15) is 30.2 Å². The molecule has 290 valence electrons. The number of esters is 1. The number of aromatic hydroxyl groups is 1. The maximum Gasteiger partial charge on any atom is 0.352 e. The van der Waals surface area contributed by atoms with E-state index in [1.165, 1.54) is 20.3 Å². The molecule has 54 heavy (non-hydrogen) atoms. The average molecular weight is 748 g/mol. The van der Waals surface area contributed by atoms with Crippen molar-refractivity contribution >= 4 is 23.8 Å². The molecule has 1 saturated carbocycles. The maximum atomic E-state index is 13.3. The number of hydrogen-bond acceptors (Lipinski definition) is 12. The SMILES string of the molecule is COC(=O)C(Oc1cc(/C=C/c2cc3c(c(OC)c2)O[C@]2(C)C[C@@H](O)[C@@H](O)C(C)(C)C2C3)cc(O)c1CC=C(C)C)c1cc(OC)c(OC)cc1[N+](=O)[O-]. The molecule has 0 radical (unpaired) electrons. The molecule has 5 rings (SSSR count). The number of fused-ring (bicyclic) bond motifs is 2. The van der Waals surface area contributed by atoms with Gasteiger partial charge in [-0.1, -0.05) is 37.6 Å². The van der Waals surface area contributed by atoms with Gasteiger partial charge in [-0.25, -0.2) is 4.79 Å². The lowest BCUT2D eigenvalue weighted by molar-refractivity contribution is -0.386. The highest BCUT2D eigenvalue weighted by atomic mass is 16.6. The fourth-order valence-electron chi connectivity index (χ4n) is 7.68. The number of phenols is 1. The third kappa shape index (κ3) is 7.69. The Kier molecular flexibility index (Phi) is 11.5. The number of allylic oxidation sites excluding steroid dienone is 2. The summed E-state index contributed by atoms with van der Waals surface area (Å²) in [6, 6.07) is 9.44. The summed E-state index contributed by atoms with van der Waals surface area (Å²) in [5.74, 6) is 0.277. The van der Waals surface area contributed by atoms with E-state index in [2.05, 4.69) is 0 Å². The van der Waals surface area contributed by atoms with Crippen LogP contribution in [0.3, 0.4) is 0 Å². The molecule has 0 aromatic heterocycles. The smallest absolute Gasteiger partial charge is 0.352 e. The summed E-state index contributed by atoms with van der Waals surface area (Å²) in [6.45, 7) is 9.65. The van der Waals surface area contributed by atoms with Crippen LogP contribution in [-0.2, 0) is 22.4 Å². The quantitative estimate of drug-likeness (QED) is 0.0584. The lowest BCUT2D eigenvalue weighted by Gasteiger charge is -2.56. The predicted octanol–water partition coefficient (Wildman–Crippen LogP) is 6.76. The first-order valence-corrected chi connectivity index (χ1v) is 17.6. The van der Waals surface area contributed by atoms with Crippen molar-refractivity contribution in [2.75, 3.05) is 28.4 Å². The van der Waals surface area contributed by atoms with E-state index in [1.54, 1.807) is 25.3 Å². The van der Waals surface area contributed by atoms with E-state index >= 15 is 0 Å². The van der Waals surface area contributed by atoms with Crippen LogP contribution < -0.4 is 23.7 Å². The summed E-state index contributed by atoms with van der Waals surface area (Å²) in [5.41, 5.74) is 1.51. The molecule has 1 heterocycles. The molecule has 13 heteroatoms. The molecule has 0 bridgehead atoms. The molecule has 5 atom stereocenters. The summed E-state index contributed by atoms with van der Waals surface area (Å²) < 4.78 is 34.3. The van der Waals surface area contributed by atoms with Gasteiger partial charge in [0.1, 0.15) is 17.1 Å². The largest absolute Gasteiger partial charge is 0.507 e. The number of nitro groups is 1. The second kappa shape index (κ2) is 15.6. The molecule has 0 saturated heterocycles. The molecular weight excluding hydrogens is 698 g/mol. The first-order chi connectivity index (χ1) is 25.5. The third-order valence-electron chi connectivity index (χ3n) is 10.6. The number of nitro benzene ring substituents is 1. The summed E-state index contributed by atoms with van der Waals surface area (Å²) in [7, 11) is 5.40. The maximum absolute atomic E-state index is 13.3. The first-order valence-electron chi connectivity index (χ1n) is 17.6. The Hall–Kier alpha value is -5.27. The minimum absolute atomic E-state index is 0.0869. The summed E-state index contributed by atoms with van der Waals surface area (Å²) >= 11 is 0. The molecule has 2 aliphatic rings. The van der Waals surface area contributed by atoms with E-state index in [0.29, 0.717) is 29.0 Å². The molecule has 1 fully saturated rings. The van der Waals surface area contributed by atoms with Crippen LogP contribution in [-0.4, -0.2) is 72.5 Å². The average Bonchev–Trinajstić information content (AvgIpc) is 3.13. The highest BCUT2D eigenvalue weighted by molar-refractivity contribution is 5.80. The summed E-state index contributed by atoms with van der Waals surface area (Å²) in [5, 5.41) is 45.1. The van der Waals surface area contributed by atoms with E-state index < -0.39 is 45.9 Å². The Bertz CT molecular complexity index is 1980. The highest BCUT2D eigenvalue weighted by Gasteiger charge is 2.58. The van der Waals surface area contributed by atoms with Gasteiger partial charge in [-0.15, -0.1) is 0 Å². The van der Waals surface area contributed by atoms with Gasteiger partial charge in [0.25, 0.3) is 5.69 Å². The van der Waals surface area contributed by atoms with Crippen molar-refractivity contribution in [2.24, 2.45) is 11.3 Å². The van der Waals surface area contributed by atoms with Crippen molar-refractivity contribution in [3.63, 3.8) is 0 Å². The molecule has 1 aliphatic carbocycles. The van der Waals surface area contributed by atoms with Crippen LogP contribution in [0.25, 0.3) is 12.2 Å². The third-order valence-corrected chi connectivity index (χ3v) is 10.6. The van der Waals surface area contributed by atoms with Gasteiger partial charge in [-0.2, -0.15) is 0 Å². The van der Waals surface area contributed by atoms with Crippen LogP contribution in [0.2, 0.25) is 0 Å². The number of ether oxygens (including phenoxy) is 6. The number of rotatable bonds is 12. The van der Waals surface area contributed by atoms with Crippen LogP contribution >= 0.6 is 0 Å². The highest BCUT2D eigenvalue weighted by Crippen LogP contribution is 2.55. The van der Waals surface area contributed by atoms with E-state index in [0.717, 1.165) is 29.9 Å². The molecule has 3 N–H and O–H groups in total. The molecule has 0 spiro atoms. The van der Waals surface area contributed by atoms with E-state index in [1.807, 2.05) is 58.9 Å². The minimum Gasteiger partial charge on any atom is -0.507 e. The van der Waals surface area contributed by atoms with Crippen LogP contribution in [0.1, 0.15) is 75.0 Å². The normalized spacial score (nSPS) is 21.9. The zero-order chi connectivity index (χ0) is 39.7. The van der Waals surface area contributed by atoms with Crippen molar-refractivity contribution < 1.29 is 53.5 Å². The number of nitrogens with zero attached hydrogens (tertiary/aromatic N) is 1. The van der Waals surface area contributed by atoms with Gasteiger partial charge in [0.05, 0.1) is 57.2 Å². The topological polar surface area (TPSA) is 176 Å². The molecule has 3 aromatic rings. The minimum atomic E-state index is -1.63. The number of carbonyl (C=O) groups is 1. The Morgan fingerprint density at radius 1 is 0.944 bits per heavy atom. The zero-order valence-corrected chi connectivity index (χ0v) is 32.1. The van der Waals surface area contributed by atoms with Crippen LogP contribution in [0.15, 0.2) is 48.0 Å². The van der Waals surface area contributed by atoms with Crippen LogP contribution in [0.5, 0.6) is 34.5 Å². The van der Waals surface area contributed by atoms with E-state index in [4.69, 9.17) is 28.4 Å². The van der Waals surface area contributed by atoms with Crippen molar-refractivity contribution in [3.05, 3.63) is 86.0 Å². The lowest BCUT2D eigenvalue weighted by Crippen LogP contribution is -2.63. The Labute approximate surface area is 314 Å². The van der Waals surface area contributed by atoms with Crippen LogP contribution in [0, 0.1) is 21.4 Å². The second-order valence-electron chi connectivity index (χ2n) is 14.8. The fourth-order valence-corrected chi connectivity index (χ4v) is 7.68. The van der Waals surface area contributed by atoms with Crippen molar-refractivity contribution in [2.45, 2.75) is 77.8 Å². The van der Waals surface area contributed by atoms with E-state index in [-0.39, 0.29) is 47.3 Å². The molecule has 2 unspecified atom stereocenters. The molecule has 3 aromatic carbocycles. The monoisotopic (exact) mass is 747 g/mol. The number of hydrogen-bond donors (Lipinski definition) is 3. The first kappa shape index (κ1) is 39.9. The summed E-state index contributed by atoms with van der Waals surface area (Å²) in [6.07, 6.45) is 3.09.